The van der Waals surface area contributed by atoms with Crippen molar-refractivity contribution in [1.29, 1.82) is 0 Å². The number of Topliss-reactive ketones (excluding diaryl/α,β-unsaturated/α-hetero) is 1. The van der Waals surface area contributed by atoms with Gasteiger partial charge in [-0.25, -0.2) is 0 Å². The van der Waals surface area contributed by atoms with E-state index in [0.717, 1.165) is 36.5 Å². The molecule has 4 saturated carbocycles. The smallest absolute Gasteiger partial charge is 0.192 e. The lowest BCUT2D eigenvalue weighted by molar-refractivity contribution is -0.134. The highest BCUT2D eigenvalue weighted by Crippen LogP contribution is 2.63. The Morgan fingerprint density at radius 2 is 1.76 bits per heavy atom. The maximum atomic E-state index is 12.5. The van der Waals surface area contributed by atoms with Gasteiger partial charge in [-0.05, 0) is 105 Å². The zero-order valence-electron chi connectivity index (χ0n) is 20.2. The van der Waals surface area contributed by atoms with E-state index >= 15 is 0 Å². The topological polar surface area (TPSA) is 26.3 Å². The fraction of sp³-hybridized carbons (Fsp3) is 0.962. The van der Waals surface area contributed by atoms with Crippen LogP contribution in [0.4, 0.5) is 0 Å². The van der Waals surface area contributed by atoms with E-state index in [-0.39, 0.29) is 0 Å². The Morgan fingerprint density at radius 3 is 2.41 bits per heavy atom. The van der Waals surface area contributed by atoms with Crippen LogP contribution >= 0.6 is 0 Å². The van der Waals surface area contributed by atoms with Gasteiger partial charge in [0.15, 0.2) is 8.32 Å². The van der Waals surface area contributed by atoms with E-state index in [4.69, 9.17) is 4.43 Å². The Bertz CT molecular complexity index is 635. The quantitative estimate of drug-likeness (QED) is 0.452. The SMILES string of the molecule is CCC1C[C@H]2C(CC[C@@H]3[C@@H]2CC[C@]2(C)C(O[Si](C)(C)C(C)(C)C)CC[C@@H]32)CC1=O. The maximum absolute atomic E-state index is 12.5. The summed E-state index contributed by atoms with van der Waals surface area (Å²) in [6.07, 6.45) is 11.7. The number of hydrogen-bond donors (Lipinski definition) is 0. The lowest BCUT2D eigenvalue weighted by Crippen LogP contribution is -2.53. The van der Waals surface area contributed by atoms with Crippen molar-refractivity contribution >= 4 is 14.1 Å². The van der Waals surface area contributed by atoms with Crippen LogP contribution in [0.25, 0.3) is 0 Å². The molecule has 0 aromatic carbocycles. The standard InChI is InChI=1S/C26H46O2Si/c1-8-17-15-21-18(16-23(17)27)9-10-20-19(21)13-14-26(5)22(20)11-12-24(26)28-29(6,7)25(2,3)4/h17-22,24H,8-16H2,1-7H3/t17?,18?,19-,20+,21-,22-,24?,26-/m0/s1. The summed E-state index contributed by atoms with van der Waals surface area (Å²) >= 11 is 0. The van der Waals surface area contributed by atoms with E-state index in [2.05, 4.69) is 47.7 Å². The fourth-order valence-corrected chi connectivity index (χ4v) is 9.26. The fourth-order valence-electron chi connectivity index (χ4n) is 7.81. The van der Waals surface area contributed by atoms with Crippen molar-refractivity contribution in [3.05, 3.63) is 0 Å². The van der Waals surface area contributed by atoms with Crippen LogP contribution in [0.2, 0.25) is 18.1 Å². The zero-order chi connectivity index (χ0) is 21.2. The van der Waals surface area contributed by atoms with Gasteiger partial charge >= 0.3 is 0 Å². The van der Waals surface area contributed by atoms with Gasteiger partial charge in [0, 0.05) is 12.3 Å². The minimum atomic E-state index is -1.72. The van der Waals surface area contributed by atoms with Crippen LogP contribution < -0.4 is 0 Å². The first-order valence-electron chi connectivity index (χ1n) is 12.7. The molecule has 0 amide bonds. The molecule has 4 fully saturated rings. The van der Waals surface area contributed by atoms with Crippen LogP contribution in [0.3, 0.4) is 0 Å². The monoisotopic (exact) mass is 418 g/mol. The van der Waals surface area contributed by atoms with Gasteiger partial charge < -0.3 is 4.43 Å². The normalized spacial score (nSPS) is 45.5. The molecule has 0 aromatic rings. The second kappa shape index (κ2) is 7.47. The Balaban J connectivity index is 1.51. The zero-order valence-corrected chi connectivity index (χ0v) is 21.2. The number of ketones is 1. The Kier molecular flexibility index (Phi) is 5.68. The molecular weight excluding hydrogens is 372 g/mol. The molecule has 0 N–H and O–H groups in total. The molecule has 4 aliphatic carbocycles. The van der Waals surface area contributed by atoms with Crippen molar-refractivity contribution in [3.8, 4) is 0 Å². The highest BCUT2D eigenvalue weighted by Gasteiger charge is 2.59. The van der Waals surface area contributed by atoms with Gasteiger partial charge in [0.1, 0.15) is 5.78 Å². The molecule has 0 spiro atoms. The number of fused-ring (bicyclic) bond motifs is 5. The molecule has 4 rings (SSSR count). The van der Waals surface area contributed by atoms with Crippen LogP contribution in [-0.2, 0) is 9.22 Å². The number of hydrogen-bond acceptors (Lipinski definition) is 2. The largest absolute Gasteiger partial charge is 0.413 e. The summed E-state index contributed by atoms with van der Waals surface area (Å²) in [6.45, 7) is 16.8. The summed E-state index contributed by atoms with van der Waals surface area (Å²) < 4.78 is 7.06. The van der Waals surface area contributed by atoms with Gasteiger partial charge in [-0.2, -0.15) is 0 Å². The first-order chi connectivity index (χ1) is 13.5. The van der Waals surface area contributed by atoms with Crippen LogP contribution in [-0.4, -0.2) is 20.2 Å². The molecule has 0 heterocycles. The van der Waals surface area contributed by atoms with Crippen LogP contribution in [0, 0.1) is 40.9 Å². The summed E-state index contributed by atoms with van der Waals surface area (Å²) in [5.41, 5.74) is 0.387. The number of carbonyl (C=O) groups is 1. The Hall–Kier alpha value is -0.153. The van der Waals surface area contributed by atoms with E-state index < -0.39 is 8.32 Å². The van der Waals surface area contributed by atoms with Gasteiger partial charge in [-0.15, -0.1) is 0 Å². The maximum Gasteiger partial charge on any atom is 0.192 e. The lowest BCUT2D eigenvalue weighted by Gasteiger charge is -2.56. The summed E-state index contributed by atoms with van der Waals surface area (Å²) in [7, 11) is -1.72. The molecular formula is C26H46O2Si. The molecule has 0 aliphatic heterocycles. The molecule has 2 nitrogen and oxygen atoms in total. The van der Waals surface area contributed by atoms with Crippen molar-refractivity contribution in [2.75, 3.05) is 0 Å². The summed E-state index contributed by atoms with van der Waals surface area (Å²) in [5.74, 6) is 5.12. The summed E-state index contributed by atoms with van der Waals surface area (Å²) in [5, 5.41) is 0.292. The van der Waals surface area contributed by atoms with E-state index in [1.165, 1.54) is 44.9 Å². The number of rotatable bonds is 3. The first kappa shape index (κ1) is 22.1. The lowest BCUT2D eigenvalue weighted by atomic mass is 9.49. The van der Waals surface area contributed by atoms with Gasteiger partial charge in [0.2, 0.25) is 0 Å². The molecule has 0 bridgehead atoms. The highest BCUT2D eigenvalue weighted by atomic mass is 28.4. The van der Waals surface area contributed by atoms with Crippen molar-refractivity contribution in [2.45, 2.75) is 117 Å². The average molecular weight is 419 g/mol. The minimum Gasteiger partial charge on any atom is -0.413 e. The van der Waals surface area contributed by atoms with E-state index in [0.29, 0.717) is 34.2 Å². The Labute approximate surface area is 181 Å². The van der Waals surface area contributed by atoms with Crippen LogP contribution in [0.15, 0.2) is 0 Å². The highest BCUT2D eigenvalue weighted by molar-refractivity contribution is 6.74. The average Bonchev–Trinajstić information content (AvgIpc) is 2.96. The second-order valence-electron chi connectivity index (χ2n) is 12.9. The van der Waals surface area contributed by atoms with Crippen molar-refractivity contribution < 1.29 is 9.22 Å². The molecule has 0 radical (unpaired) electrons. The number of carbonyl (C=O) groups excluding carboxylic acids is 1. The molecule has 3 heteroatoms. The second-order valence-corrected chi connectivity index (χ2v) is 17.7. The summed E-state index contributed by atoms with van der Waals surface area (Å²) in [6, 6.07) is 0. The first-order valence-corrected chi connectivity index (χ1v) is 15.6. The van der Waals surface area contributed by atoms with Crippen molar-refractivity contribution in [1.82, 2.24) is 0 Å². The van der Waals surface area contributed by atoms with Crippen LogP contribution in [0.1, 0.15) is 92.4 Å². The third-order valence-electron chi connectivity index (χ3n) is 10.6. The third kappa shape index (κ3) is 3.60. The van der Waals surface area contributed by atoms with E-state index in [1.807, 2.05) is 0 Å². The van der Waals surface area contributed by atoms with E-state index in [9.17, 15) is 4.79 Å². The molecule has 0 saturated heterocycles. The van der Waals surface area contributed by atoms with Crippen molar-refractivity contribution in [2.24, 2.45) is 40.9 Å². The van der Waals surface area contributed by atoms with Gasteiger partial charge in [-0.1, -0.05) is 34.6 Å². The predicted octanol–water partition coefficient (Wildman–Crippen LogP) is 7.23. The van der Waals surface area contributed by atoms with E-state index in [1.54, 1.807) is 0 Å². The van der Waals surface area contributed by atoms with Gasteiger partial charge in [-0.3, -0.25) is 4.79 Å². The molecule has 0 aromatic heterocycles. The molecule has 4 aliphatic rings. The molecule has 29 heavy (non-hydrogen) atoms. The summed E-state index contributed by atoms with van der Waals surface area (Å²) in [4.78, 5) is 12.5. The third-order valence-corrected chi connectivity index (χ3v) is 15.1. The molecule has 166 valence electrons. The minimum absolute atomic E-state index is 0.292. The Morgan fingerprint density at radius 1 is 1.03 bits per heavy atom. The predicted molar refractivity (Wildman–Crippen MR) is 123 cm³/mol. The van der Waals surface area contributed by atoms with Crippen molar-refractivity contribution in [3.63, 3.8) is 0 Å². The van der Waals surface area contributed by atoms with Gasteiger partial charge in [0.05, 0.1) is 6.10 Å². The van der Waals surface area contributed by atoms with Crippen LogP contribution in [0.5, 0.6) is 0 Å². The molecule has 8 atom stereocenters. The molecule has 3 unspecified atom stereocenters. The van der Waals surface area contributed by atoms with Gasteiger partial charge in [0.25, 0.3) is 0 Å².